The first kappa shape index (κ1) is 32.0. The van der Waals surface area contributed by atoms with Crippen molar-refractivity contribution in [1.29, 1.82) is 0 Å². The van der Waals surface area contributed by atoms with Crippen molar-refractivity contribution in [3.8, 4) is 11.4 Å². The van der Waals surface area contributed by atoms with Crippen LogP contribution in [0.3, 0.4) is 0 Å². The third kappa shape index (κ3) is 7.37. The number of rotatable bonds is 9. The Bertz CT molecular complexity index is 1500. The number of esters is 1. The predicted molar refractivity (Wildman–Crippen MR) is 176 cm³/mol. The lowest BCUT2D eigenvalue weighted by Crippen LogP contribution is -2.49. The number of aromatic nitrogens is 2. The minimum absolute atomic E-state index is 0.0654. The Morgan fingerprint density at radius 2 is 1.76 bits per heavy atom. The maximum Gasteiger partial charge on any atom is 0.409 e. The molecule has 6 rings (SSSR count). The summed E-state index contributed by atoms with van der Waals surface area (Å²) in [6.07, 6.45) is 0.451. The van der Waals surface area contributed by atoms with Gasteiger partial charge in [-0.3, -0.25) is 9.69 Å². The fraction of sp³-hybridized carbons (Fsp3) is 0.471. The van der Waals surface area contributed by atoms with Crippen LogP contribution in [0.4, 0.5) is 16.3 Å². The Labute approximate surface area is 275 Å². The van der Waals surface area contributed by atoms with Crippen molar-refractivity contribution in [2.24, 2.45) is 0 Å². The van der Waals surface area contributed by atoms with Crippen molar-refractivity contribution in [1.82, 2.24) is 19.8 Å². The zero-order valence-corrected chi connectivity index (χ0v) is 27.2. The van der Waals surface area contributed by atoms with Crippen molar-refractivity contribution in [2.75, 3.05) is 75.9 Å². The molecule has 0 spiro atoms. The molecule has 1 aromatic heterocycles. The van der Waals surface area contributed by atoms with Gasteiger partial charge in [-0.2, -0.15) is 0 Å². The lowest BCUT2D eigenvalue weighted by molar-refractivity contribution is -0.141. The zero-order chi connectivity index (χ0) is 32.0. The number of morpholine rings is 1. The average molecular weight is 649 g/mol. The van der Waals surface area contributed by atoms with Crippen molar-refractivity contribution < 1.29 is 23.8 Å². The van der Waals surface area contributed by atoms with Crippen LogP contribution in [0, 0.1) is 0 Å². The maximum atomic E-state index is 12.4. The second-order valence-corrected chi connectivity index (χ2v) is 12.2. The molecule has 3 aromatic rings. The summed E-state index contributed by atoms with van der Waals surface area (Å²) in [6.45, 7) is 8.57. The molecule has 244 valence electrons. The first-order valence-corrected chi connectivity index (χ1v) is 16.3. The number of ether oxygens (including phenoxy) is 3. The molecular formula is C34H41ClN6O5. The monoisotopic (exact) mass is 648 g/mol. The predicted octanol–water partition coefficient (Wildman–Crippen LogP) is 4.27. The molecule has 2 aromatic carbocycles. The zero-order valence-electron chi connectivity index (χ0n) is 26.4. The van der Waals surface area contributed by atoms with Gasteiger partial charge in [0, 0.05) is 81.6 Å². The molecule has 2 fully saturated rings. The van der Waals surface area contributed by atoms with Gasteiger partial charge in [0.15, 0.2) is 5.82 Å². The SMILES string of the molecule is CCOC(=O)N1CCN(c2ccc(-c3nc(Cl)c4c(n3)N(C[C@H]3CN(Cc5ccccc5)CCO3)C(CC(=O)OC)C4)cc2)CC1. The molecule has 2 saturated heterocycles. The summed E-state index contributed by atoms with van der Waals surface area (Å²) < 4.78 is 16.4. The fourth-order valence-electron chi connectivity index (χ4n) is 6.48. The summed E-state index contributed by atoms with van der Waals surface area (Å²) in [6, 6.07) is 18.4. The number of hydrogen-bond donors (Lipinski definition) is 0. The van der Waals surface area contributed by atoms with Crippen LogP contribution in [0.1, 0.15) is 24.5 Å². The molecule has 1 amide bonds. The van der Waals surface area contributed by atoms with Crippen LogP contribution in [0.5, 0.6) is 0 Å². The van der Waals surface area contributed by atoms with Crippen LogP contribution < -0.4 is 9.80 Å². The number of carbonyl (C=O) groups is 2. The molecule has 2 atom stereocenters. The second kappa shape index (κ2) is 14.7. The van der Waals surface area contributed by atoms with Gasteiger partial charge in [0.1, 0.15) is 11.0 Å². The fourth-order valence-corrected chi connectivity index (χ4v) is 6.72. The number of carbonyl (C=O) groups excluding carboxylic acids is 2. The van der Waals surface area contributed by atoms with Crippen molar-refractivity contribution >= 4 is 35.2 Å². The van der Waals surface area contributed by atoms with Crippen LogP contribution in [-0.4, -0.2) is 110 Å². The smallest absolute Gasteiger partial charge is 0.409 e. The highest BCUT2D eigenvalue weighted by atomic mass is 35.5. The van der Waals surface area contributed by atoms with Crippen LogP contribution in [0.15, 0.2) is 54.6 Å². The van der Waals surface area contributed by atoms with E-state index < -0.39 is 0 Å². The highest BCUT2D eigenvalue weighted by molar-refractivity contribution is 6.30. The van der Waals surface area contributed by atoms with E-state index in [1.165, 1.54) is 12.7 Å². The topological polar surface area (TPSA) is 101 Å². The molecule has 0 N–H and O–H groups in total. The van der Waals surface area contributed by atoms with Gasteiger partial charge in [-0.15, -0.1) is 0 Å². The molecule has 3 aliphatic heterocycles. The summed E-state index contributed by atoms with van der Waals surface area (Å²) in [4.78, 5) is 42.8. The van der Waals surface area contributed by atoms with Gasteiger partial charge < -0.3 is 28.9 Å². The Morgan fingerprint density at radius 3 is 2.48 bits per heavy atom. The number of anilines is 2. The Morgan fingerprint density at radius 1 is 1.00 bits per heavy atom. The van der Waals surface area contributed by atoms with Gasteiger partial charge >= 0.3 is 12.1 Å². The highest BCUT2D eigenvalue weighted by Crippen LogP contribution is 2.38. The normalized spacial score (nSPS) is 20.0. The number of amides is 1. The van der Waals surface area contributed by atoms with Crippen LogP contribution in [0.25, 0.3) is 11.4 Å². The quantitative estimate of drug-likeness (QED) is 0.247. The van der Waals surface area contributed by atoms with E-state index in [9.17, 15) is 9.59 Å². The molecule has 46 heavy (non-hydrogen) atoms. The summed E-state index contributed by atoms with van der Waals surface area (Å²) >= 11 is 6.81. The van der Waals surface area contributed by atoms with E-state index in [-0.39, 0.29) is 30.6 Å². The molecule has 0 radical (unpaired) electrons. The van der Waals surface area contributed by atoms with Gasteiger partial charge in [0.25, 0.3) is 0 Å². The lowest BCUT2D eigenvalue weighted by atomic mass is 10.1. The van der Waals surface area contributed by atoms with E-state index in [1.54, 1.807) is 4.90 Å². The number of piperazine rings is 1. The number of hydrogen-bond acceptors (Lipinski definition) is 10. The van der Waals surface area contributed by atoms with E-state index in [2.05, 4.69) is 56.1 Å². The first-order chi connectivity index (χ1) is 22.4. The van der Waals surface area contributed by atoms with Gasteiger partial charge in [-0.25, -0.2) is 14.8 Å². The number of benzene rings is 2. The summed E-state index contributed by atoms with van der Waals surface area (Å²) in [5.41, 5.74) is 4.02. The van der Waals surface area contributed by atoms with Gasteiger partial charge in [0.2, 0.25) is 0 Å². The third-order valence-electron chi connectivity index (χ3n) is 8.89. The van der Waals surface area contributed by atoms with Crippen LogP contribution in [-0.2, 0) is 32.0 Å². The summed E-state index contributed by atoms with van der Waals surface area (Å²) in [5, 5.41) is 0.395. The van der Waals surface area contributed by atoms with Crippen molar-refractivity contribution in [2.45, 2.75) is 38.5 Å². The molecule has 1 unspecified atom stereocenters. The average Bonchev–Trinajstić information content (AvgIpc) is 3.42. The number of methoxy groups -OCH3 is 1. The lowest BCUT2D eigenvalue weighted by Gasteiger charge is -2.37. The molecule has 11 nitrogen and oxygen atoms in total. The van der Waals surface area contributed by atoms with Gasteiger partial charge in [-0.1, -0.05) is 41.9 Å². The largest absolute Gasteiger partial charge is 0.469 e. The molecule has 4 heterocycles. The summed E-state index contributed by atoms with van der Waals surface area (Å²) in [7, 11) is 1.41. The Hall–Kier alpha value is -3.93. The maximum absolute atomic E-state index is 12.4. The summed E-state index contributed by atoms with van der Waals surface area (Å²) in [5.74, 6) is 0.995. The molecule has 0 aliphatic carbocycles. The first-order valence-electron chi connectivity index (χ1n) is 16.0. The number of halogens is 1. The highest BCUT2D eigenvalue weighted by Gasteiger charge is 2.37. The van der Waals surface area contributed by atoms with E-state index >= 15 is 0 Å². The number of fused-ring (bicyclic) bond motifs is 1. The third-order valence-corrected chi connectivity index (χ3v) is 9.20. The van der Waals surface area contributed by atoms with Crippen molar-refractivity contribution in [3.05, 3.63) is 70.9 Å². The molecule has 12 heteroatoms. The van der Waals surface area contributed by atoms with Crippen LogP contribution in [0.2, 0.25) is 5.15 Å². The minimum Gasteiger partial charge on any atom is -0.469 e. The van der Waals surface area contributed by atoms with Gasteiger partial charge in [0.05, 0.1) is 32.8 Å². The van der Waals surface area contributed by atoms with E-state index in [1.807, 2.05) is 25.1 Å². The van der Waals surface area contributed by atoms with Gasteiger partial charge in [-0.05, 0) is 36.8 Å². The standard InChI is InChI=1S/C34H41ClN6O5/c1-3-45-34(43)40-15-13-39(14-16-40)26-11-9-25(10-12-26)32-36-31(35)29-19-27(20-30(42)44-2)41(33(29)37-32)23-28-22-38(17-18-46-28)21-24-7-5-4-6-8-24/h4-12,27-28H,3,13-23H2,1-2H3/t27?,28-/m1/s1. The van der Waals surface area contributed by atoms with E-state index in [0.29, 0.717) is 50.2 Å². The molecule has 0 saturated carbocycles. The molecule has 0 bridgehead atoms. The Balaban J connectivity index is 1.18. The van der Waals surface area contributed by atoms with E-state index in [4.69, 9.17) is 30.8 Å². The second-order valence-electron chi connectivity index (χ2n) is 11.9. The van der Waals surface area contributed by atoms with E-state index in [0.717, 1.165) is 55.4 Å². The number of nitrogens with zero attached hydrogens (tertiary/aromatic N) is 6. The Kier molecular flexibility index (Phi) is 10.2. The van der Waals surface area contributed by atoms with Crippen molar-refractivity contribution in [3.63, 3.8) is 0 Å². The molecular weight excluding hydrogens is 608 g/mol. The minimum atomic E-state index is -0.277. The van der Waals surface area contributed by atoms with Crippen LogP contribution >= 0.6 is 11.6 Å². The molecule has 3 aliphatic rings.